The van der Waals surface area contributed by atoms with Crippen molar-refractivity contribution in [2.45, 2.75) is 75.3 Å². The van der Waals surface area contributed by atoms with Crippen LogP contribution in [0, 0.1) is 13.8 Å². The van der Waals surface area contributed by atoms with Crippen LogP contribution in [-0.2, 0) is 37.2 Å². The first-order valence-corrected chi connectivity index (χ1v) is 26.0. The predicted molar refractivity (Wildman–Crippen MR) is 300 cm³/mol. The third-order valence-electron chi connectivity index (χ3n) is 16.8. The average molecular weight is 949 g/mol. The SMILES string of the molecule is COC1(CC=CC2(C)C=C(C3=CC(OC4C=C(C5=CC(Cc6cc(C)cc(C)c6)(OC)c6ccccc65)c5ccccc54)c4ccccc43)c3ccccc32)C=C(C2=CC(C)c3ccccc32)c2ccccc21. The predicted octanol–water partition coefficient (Wildman–Crippen LogP) is 16.5. The summed E-state index contributed by atoms with van der Waals surface area (Å²) in [4.78, 5) is 0. The Morgan fingerprint density at radius 3 is 1.44 bits per heavy atom. The maximum Gasteiger partial charge on any atom is 0.116 e. The number of methoxy groups -OCH3 is 2. The van der Waals surface area contributed by atoms with Gasteiger partial charge in [-0.25, -0.2) is 0 Å². The molecular weight excluding hydrogens is 889 g/mol. The molecule has 0 N–H and O–H groups in total. The maximum atomic E-state index is 7.40. The van der Waals surface area contributed by atoms with Crippen molar-refractivity contribution in [3.8, 4) is 0 Å². The minimum atomic E-state index is -0.606. The van der Waals surface area contributed by atoms with E-state index in [0.717, 1.165) is 6.42 Å². The zero-order chi connectivity index (χ0) is 49.6. The van der Waals surface area contributed by atoms with Gasteiger partial charge in [-0.15, -0.1) is 0 Å². The van der Waals surface area contributed by atoms with Crippen molar-refractivity contribution >= 4 is 33.4 Å². The number of hydrogen-bond acceptors (Lipinski definition) is 3. The van der Waals surface area contributed by atoms with Crippen LogP contribution in [0.5, 0.6) is 0 Å². The molecule has 0 heterocycles. The van der Waals surface area contributed by atoms with Crippen LogP contribution >= 0.6 is 0 Å². The molecule has 358 valence electrons. The summed E-state index contributed by atoms with van der Waals surface area (Å²) in [7, 11) is 3.72. The summed E-state index contributed by atoms with van der Waals surface area (Å²) >= 11 is 0. The monoisotopic (exact) mass is 948 g/mol. The van der Waals surface area contributed by atoms with Crippen molar-refractivity contribution in [2.24, 2.45) is 0 Å². The van der Waals surface area contributed by atoms with Gasteiger partial charge in [0, 0.05) is 38.4 Å². The molecule has 6 atom stereocenters. The van der Waals surface area contributed by atoms with Gasteiger partial charge >= 0.3 is 0 Å². The summed E-state index contributed by atoms with van der Waals surface area (Å²) < 4.78 is 20.6. The van der Waals surface area contributed by atoms with Gasteiger partial charge in [-0.05, 0) is 151 Å². The van der Waals surface area contributed by atoms with Crippen molar-refractivity contribution in [3.05, 3.63) is 296 Å². The third-order valence-corrected chi connectivity index (χ3v) is 16.8. The molecule has 7 aromatic carbocycles. The molecule has 13 rings (SSSR count). The van der Waals surface area contributed by atoms with Crippen molar-refractivity contribution < 1.29 is 14.2 Å². The van der Waals surface area contributed by atoms with Gasteiger partial charge in [-0.3, -0.25) is 0 Å². The highest BCUT2D eigenvalue weighted by Crippen LogP contribution is 2.56. The minimum Gasteiger partial charge on any atom is -0.369 e. The smallest absolute Gasteiger partial charge is 0.116 e. The van der Waals surface area contributed by atoms with E-state index in [9.17, 15) is 0 Å². The molecule has 0 radical (unpaired) electrons. The fourth-order valence-electron chi connectivity index (χ4n) is 13.5. The van der Waals surface area contributed by atoms with Gasteiger partial charge in [0.05, 0.1) is 0 Å². The molecule has 7 aromatic rings. The number of rotatable bonds is 12. The highest BCUT2D eigenvalue weighted by Gasteiger charge is 2.44. The van der Waals surface area contributed by atoms with Gasteiger partial charge in [0.2, 0.25) is 0 Å². The number of allylic oxidation sites excluding steroid dienone is 9. The first-order chi connectivity index (χ1) is 35.6. The Hall–Kier alpha value is -7.40. The van der Waals surface area contributed by atoms with E-state index in [-0.39, 0.29) is 17.6 Å². The fraction of sp³-hybridized carbons (Fsp3) is 0.200. The van der Waals surface area contributed by atoms with Crippen LogP contribution in [0.2, 0.25) is 0 Å². The second-order valence-electron chi connectivity index (χ2n) is 21.3. The van der Waals surface area contributed by atoms with E-state index in [0.29, 0.717) is 12.3 Å². The number of hydrogen-bond donors (Lipinski definition) is 0. The standard InChI is InChI=1S/C70H60O3/c1-44-34-45(2)36-47(35-44)40-70(72-6)43-62(54-26-15-18-31-65(54)70)59-39-67(56-28-12-10-23-51(56)59)73-66-38-58(50-22-9-11-27-55(50)66)60-41-68(4,63-29-16-13-24-52(60)63)32-19-33-69(71-5)42-61(53-25-14-17-30-64(53)69)57-37-46(3)48-20-7-8-21-49(48)57/h7-32,34-39,41-43,46,66-67H,33,40H2,1-6H3. The Balaban J connectivity index is 0.832. The number of fused-ring (bicyclic) bond motifs is 6. The first-order valence-electron chi connectivity index (χ1n) is 26.0. The molecule has 0 bridgehead atoms. The second kappa shape index (κ2) is 17.4. The molecule has 3 heteroatoms. The number of aryl methyl sites for hydroxylation is 2. The molecule has 6 aliphatic carbocycles. The van der Waals surface area contributed by atoms with E-state index in [2.05, 4.69) is 240 Å². The normalized spacial score (nSPS) is 24.8. The van der Waals surface area contributed by atoms with Crippen molar-refractivity contribution in [2.75, 3.05) is 14.2 Å². The Morgan fingerprint density at radius 1 is 0.452 bits per heavy atom. The number of ether oxygens (including phenoxy) is 3. The topological polar surface area (TPSA) is 27.7 Å². The molecule has 0 saturated heterocycles. The molecule has 6 aliphatic rings. The van der Waals surface area contributed by atoms with E-state index < -0.39 is 11.2 Å². The molecule has 0 saturated carbocycles. The summed E-state index contributed by atoms with van der Waals surface area (Å²) in [6.07, 6.45) is 20.1. The van der Waals surface area contributed by atoms with Crippen LogP contribution in [0.25, 0.3) is 33.4 Å². The maximum absolute atomic E-state index is 7.40. The van der Waals surface area contributed by atoms with Gasteiger partial charge in [0.25, 0.3) is 0 Å². The lowest BCUT2D eigenvalue weighted by atomic mass is 9.83. The average Bonchev–Trinajstić information content (AvgIpc) is 4.26. The lowest BCUT2D eigenvalue weighted by molar-refractivity contribution is 0.0320. The Morgan fingerprint density at radius 2 is 0.877 bits per heavy atom. The van der Waals surface area contributed by atoms with Crippen LogP contribution in [0.1, 0.15) is 122 Å². The zero-order valence-corrected chi connectivity index (χ0v) is 42.6. The van der Waals surface area contributed by atoms with Gasteiger partial charge in [-0.1, -0.05) is 206 Å². The number of benzene rings is 7. The first kappa shape index (κ1) is 45.5. The quantitative estimate of drug-likeness (QED) is 0.114. The van der Waals surface area contributed by atoms with Crippen LogP contribution < -0.4 is 0 Å². The van der Waals surface area contributed by atoms with Crippen molar-refractivity contribution in [1.82, 2.24) is 0 Å². The largest absolute Gasteiger partial charge is 0.369 e. The molecule has 73 heavy (non-hydrogen) atoms. The molecule has 3 nitrogen and oxygen atoms in total. The van der Waals surface area contributed by atoms with Crippen LogP contribution in [0.4, 0.5) is 0 Å². The summed E-state index contributed by atoms with van der Waals surface area (Å²) in [6, 6.07) is 59.8. The van der Waals surface area contributed by atoms with Gasteiger partial charge in [0.15, 0.2) is 0 Å². The molecule has 0 aromatic heterocycles. The van der Waals surface area contributed by atoms with Gasteiger partial charge < -0.3 is 14.2 Å². The van der Waals surface area contributed by atoms with Gasteiger partial charge in [-0.2, -0.15) is 0 Å². The lowest BCUT2D eigenvalue weighted by Gasteiger charge is -2.28. The van der Waals surface area contributed by atoms with E-state index in [4.69, 9.17) is 14.2 Å². The van der Waals surface area contributed by atoms with Crippen LogP contribution in [0.15, 0.2) is 212 Å². The van der Waals surface area contributed by atoms with Crippen molar-refractivity contribution in [3.63, 3.8) is 0 Å². The van der Waals surface area contributed by atoms with Crippen molar-refractivity contribution in [1.29, 1.82) is 0 Å². The Bertz CT molecular complexity index is 3640. The molecule has 0 amide bonds. The summed E-state index contributed by atoms with van der Waals surface area (Å²) in [5.74, 6) is 0.365. The lowest BCUT2D eigenvalue weighted by Crippen LogP contribution is -2.27. The van der Waals surface area contributed by atoms with E-state index in [1.54, 1.807) is 0 Å². The van der Waals surface area contributed by atoms with Crippen LogP contribution in [0.3, 0.4) is 0 Å². The van der Waals surface area contributed by atoms with E-state index >= 15 is 0 Å². The highest BCUT2D eigenvalue weighted by molar-refractivity contribution is 6.12. The second-order valence-corrected chi connectivity index (χ2v) is 21.3. The Labute approximate surface area is 430 Å². The van der Waals surface area contributed by atoms with Gasteiger partial charge in [0.1, 0.15) is 23.4 Å². The molecule has 0 fully saturated rings. The van der Waals surface area contributed by atoms with E-state index in [1.807, 2.05) is 14.2 Å². The molecule has 6 unspecified atom stereocenters. The molecule has 0 spiro atoms. The Kier molecular flexibility index (Phi) is 10.8. The highest BCUT2D eigenvalue weighted by atomic mass is 16.5. The minimum absolute atomic E-state index is 0.252. The summed E-state index contributed by atoms with van der Waals surface area (Å²) in [5, 5.41) is 0. The summed E-state index contributed by atoms with van der Waals surface area (Å²) in [6.45, 7) is 9.00. The summed E-state index contributed by atoms with van der Waals surface area (Å²) in [5.41, 5.74) is 24.6. The zero-order valence-electron chi connectivity index (χ0n) is 42.6. The fourth-order valence-corrected chi connectivity index (χ4v) is 13.5. The molecule has 0 aliphatic heterocycles. The van der Waals surface area contributed by atoms with Crippen LogP contribution in [-0.4, -0.2) is 14.2 Å². The van der Waals surface area contributed by atoms with E-state index in [1.165, 1.54) is 117 Å². The molecular formula is C70H60O3. The third kappa shape index (κ3) is 7.27.